The Morgan fingerprint density at radius 3 is 2.75 bits per heavy atom. The minimum atomic E-state index is -0.888. The molecule has 0 aromatic heterocycles. The van der Waals surface area contributed by atoms with Crippen LogP contribution in [0.15, 0.2) is 18.2 Å². The third-order valence-electron chi connectivity index (χ3n) is 4.75. The Labute approximate surface area is 124 Å². The number of fused-ring (bicyclic) bond motifs is 1. The minimum absolute atomic E-state index is 0.337. The van der Waals surface area contributed by atoms with Crippen LogP contribution < -0.4 is 4.90 Å². The molecule has 1 saturated heterocycles. The Hall–Kier alpha value is -1.22. The molecule has 2 aliphatic rings. The SMILES string of the molecule is O=C(O)c1cccc(Cl)c1N1CCC[C@H]2CCCC[C@H]21. The van der Waals surface area contributed by atoms with Crippen molar-refractivity contribution in [3.63, 3.8) is 0 Å². The fraction of sp³-hybridized carbons (Fsp3) is 0.562. The zero-order valence-corrected chi connectivity index (χ0v) is 12.3. The van der Waals surface area contributed by atoms with Gasteiger partial charge in [0.25, 0.3) is 0 Å². The number of hydrogen-bond donors (Lipinski definition) is 1. The van der Waals surface area contributed by atoms with Crippen LogP contribution in [0.1, 0.15) is 48.9 Å². The first-order valence-electron chi connectivity index (χ1n) is 7.47. The molecule has 0 radical (unpaired) electrons. The molecule has 2 atom stereocenters. The lowest BCUT2D eigenvalue weighted by atomic mass is 9.78. The molecular formula is C16H20ClNO2. The number of halogens is 1. The third kappa shape index (κ3) is 2.39. The van der Waals surface area contributed by atoms with Gasteiger partial charge in [0.15, 0.2) is 0 Å². The van der Waals surface area contributed by atoms with Gasteiger partial charge < -0.3 is 10.0 Å². The van der Waals surface area contributed by atoms with Gasteiger partial charge in [-0.15, -0.1) is 0 Å². The summed E-state index contributed by atoms with van der Waals surface area (Å²) >= 11 is 6.33. The number of carbonyl (C=O) groups is 1. The molecule has 1 aliphatic heterocycles. The lowest BCUT2D eigenvalue weighted by Gasteiger charge is -2.46. The van der Waals surface area contributed by atoms with E-state index in [1.165, 1.54) is 25.7 Å². The molecule has 1 aliphatic carbocycles. The number of aromatic carboxylic acids is 1. The lowest BCUT2D eigenvalue weighted by molar-refractivity contribution is 0.0697. The highest BCUT2D eigenvalue weighted by atomic mass is 35.5. The van der Waals surface area contributed by atoms with E-state index in [1.807, 2.05) is 0 Å². The predicted molar refractivity (Wildman–Crippen MR) is 80.7 cm³/mol. The summed E-state index contributed by atoms with van der Waals surface area (Å²) in [5, 5.41) is 10.00. The number of hydrogen-bond acceptors (Lipinski definition) is 2. The molecule has 0 amide bonds. The number of carboxylic acid groups (broad SMARTS) is 1. The first kappa shape index (κ1) is 13.7. The largest absolute Gasteiger partial charge is 0.478 e. The van der Waals surface area contributed by atoms with E-state index in [4.69, 9.17) is 11.6 Å². The fourth-order valence-electron chi connectivity index (χ4n) is 3.88. The second-order valence-corrected chi connectivity index (χ2v) is 6.30. The molecule has 1 N–H and O–H groups in total. The van der Waals surface area contributed by atoms with E-state index in [1.54, 1.807) is 18.2 Å². The van der Waals surface area contributed by atoms with Crippen LogP contribution in [0.5, 0.6) is 0 Å². The van der Waals surface area contributed by atoms with E-state index in [9.17, 15) is 9.90 Å². The van der Waals surface area contributed by atoms with Crippen molar-refractivity contribution < 1.29 is 9.90 Å². The topological polar surface area (TPSA) is 40.5 Å². The highest BCUT2D eigenvalue weighted by molar-refractivity contribution is 6.34. The van der Waals surface area contributed by atoms with E-state index in [-0.39, 0.29) is 0 Å². The molecule has 1 aromatic rings. The van der Waals surface area contributed by atoms with Crippen molar-refractivity contribution in [1.82, 2.24) is 0 Å². The van der Waals surface area contributed by atoms with Gasteiger partial charge in [0, 0.05) is 12.6 Å². The Balaban J connectivity index is 2.00. The van der Waals surface area contributed by atoms with Crippen LogP contribution in [0, 0.1) is 5.92 Å². The zero-order valence-electron chi connectivity index (χ0n) is 11.5. The van der Waals surface area contributed by atoms with Gasteiger partial charge in [0.1, 0.15) is 0 Å². The summed E-state index contributed by atoms with van der Waals surface area (Å²) in [6.45, 7) is 0.922. The van der Waals surface area contributed by atoms with Gasteiger partial charge in [-0.25, -0.2) is 4.79 Å². The quantitative estimate of drug-likeness (QED) is 0.888. The molecule has 1 aromatic carbocycles. The minimum Gasteiger partial charge on any atom is -0.478 e. The van der Waals surface area contributed by atoms with Crippen molar-refractivity contribution in [3.8, 4) is 0 Å². The Kier molecular flexibility index (Phi) is 3.88. The summed E-state index contributed by atoms with van der Waals surface area (Å²) < 4.78 is 0. The summed E-state index contributed by atoms with van der Waals surface area (Å²) in [5.41, 5.74) is 1.07. The van der Waals surface area contributed by atoms with Gasteiger partial charge >= 0.3 is 5.97 Å². The maximum absolute atomic E-state index is 11.5. The summed E-state index contributed by atoms with van der Waals surface area (Å²) in [6.07, 6.45) is 7.39. The Bertz CT molecular complexity index is 515. The van der Waals surface area contributed by atoms with Crippen LogP contribution in [-0.4, -0.2) is 23.7 Å². The number of benzene rings is 1. The predicted octanol–water partition coefficient (Wildman–Crippen LogP) is 4.20. The van der Waals surface area contributed by atoms with Gasteiger partial charge in [0.05, 0.1) is 16.3 Å². The summed E-state index contributed by atoms with van der Waals surface area (Å²) in [6, 6.07) is 5.65. The molecule has 2 fully saturated rings. The second-order valence-electron chi connectivity index (χ2n) is 5.89. The number of anilines is 1. The lowest BCUT2D eigenvalue weighted by Crippen LogP contribution is -2.47. The maximum atomic E-state index is 11.5. The molecule has 1 heterocycles. The third-order valence-corrected chi connectivity index (χ3v) is 5.05. The van der Waals surface area contributed by atoms with Crippen molar-refractivity contribution in [2.45, 2.75) is 44.6 Å². The summed E-state index contributed by atoms with van der Waals surface area (Å²) in [4.78, 5) is 13.8. The van der Waals surface area contributed by atoms with Gasteiger partial charge in [0.2, 0.25) is 0 Å². The fourth-order valence-corrected chi connectivity index (χ4v) is 4.17. The van der Waals surface area contributed by atoms with Crippen molar-refractivity contribution in [3.05, 3.63) is 28.8 Å². The standard InChI is InChI=1S/C16H20ClNO2/c17-13-8-3-7-12(16(19)20)15(13)18-10-4-6-11-5-1-2-9-14(11)18/h3,7-8,11,14H,1-2,4-6,9-10H2,(H,19,20)/t11-,14-/m1/s1. The number of para-hydroxylation sites is 1. The molecule has 4 heteroatoms. The first-order chi connectivity index (χ1) is 9.68. The second kappa shape index (κ2) is 5.65. The van der Waals surface area contributed by atoms with Crippen LogP contribution >= 0.6 is 11.6 Å². The van der Waals surface area contributed by atoms with Crippen molar-refractivity contribution in [2.75, 3.05) is 11.4 Å². The van der Waals surface area contributed by atoms with Crippen molar-refractivity contribution in [1.29, 1.82) is 0 Å². The monoisotopic (exact) mass is 293 g/mol. The first-order valence-corrected chi connectivity index (χ1v) is 7.84. The Morgan fingerprint density at radius 1 is 1.20 bits per heavy atom. The number of piperidine rings is 1. The van der Waals surface area contributed by atoms with E-state index < -0.39 is 5.97 Å². The molecule has 3 rings (SSSR count). The Morgan fingerprint density at radius 2 is 1.95 bits per heavy atom. The van der Waals surface area contributed by atoms with Gasteiger partial charge in [-0.2, -0.15) is 0 Å². The van der Waals surface area contributed by atoms with E-state index in [0.29, 0.717) is 22.5 Å². The molecule has 3 nitrogen and oxygen atoms in total. The van der Waals surface area contributed by atoms with Crippen molar-refractivity contribution in [2.24, 2.45) is 5.92 Å². The van der Waals surface area contributed by atoms with Crippen molar-refractivity contribution >= 4 is 23.3 Å². The number of carboxylic acids is 1. The summed E-state index contributed by atoms with van der Waals surface area (Å²) in [5.74, 6) is -0.184. The van der Waals surface area contributed by atoms with Crippen LogP contribution in [0.4, 0.5) is 5.69 Å². The van der Waals surface area contributed by atoms with Gasteiger partial charge in [-0.3, -0.25) is 0 Å². The molecule has 1 saturated carbocycles. The van der Waals surface area contributed by atoms with Crippen LogP contribution in [0.25, 0.3) is 0 Å². The highest BCUT2D eigenvalue weighted by Crippen LogP contribution is 2.41. The van der Waals surface area contributed by atoms with Gasteiger partial charge in [-0.05, 0) is 43.7 Å². The van der Waals surface area contributed by atoms with E-state index >= 15 is 0 Å². The van der Waals surface area contributed by atoms with Crippen LogP contribution in [-0.2, 0) is 0 Å². The maximum Gasteiger partial charge on any atom is 0.337 e. The average molecular weight is 294 g/mol. The highest BCUT2D eigenvalue weighted by Gasteiger charge is 2.35. The smallest absolute Gasteiger partial charge is 0.337 e. The molecule has 108 valence electrons. The molecule has 0 spiro atoms. The van der Waals surface area contributed by atoms with Crippen LogP contribution in [0.2, 0.25) is 5.02 Å². The number of rotatable bonds is 2. The molecule has 0 unspecified atom stereocenters. The van der Waals surface area contributed by atoms with E-state index in [2.05, 4.69) is 4.90 Å². The average Bonchev–Trinajstić information content (AvgIpc) is 2.46. The zero-order chi connectivity index (χ0) is 14.1. The van der Waals surface area contributed by atoms with E-state index in [0.717, 1.165) is 25.1 Å². The molecular weight excluding hydrogens is 274 g/mol. The van der Waals surface area contributed by atoms with Gasteiger partial charge in [-0.1, -0.05) is 30.5 Å². The normalized spacial score (nSPS) is 26.1. The number of nitrogens with zero attached hydrogens (tertiary/aromatic N) is 1. The molecule has 20 heavy (non-hydrogen) atoms. The van der Waals surface area contributed by atoms with Crippen LogP contribution in [0.3, 0.4) is 0 Å². The summed E-state index contributed by atoms with van der Waals surface area (Å²) in [7, 11) is 0. The molecule has 0 bridgehead atoms.